The Balaban J connectivity index is 1.47. The first-order valence-corrected chi connectivity index (χ1v) is 13.9. The Hall–Kier alpha value is -3.76. The zero-order valence-corrected chi connectivity index (χ0v) is 24.8. The monoisotopic (exact) mass is 590 g/mol. The second-order valence-electron chi connectivity index (χ2n) is 11.8. The Labute approximate surface area is 243 Å². The fourth-order valence-electron chi connectivity index (χ4n) is 5.15. The van der Waals surface area contributed by atoms with Gasteiger partial charge in [0.1, 0.15) is 24.0 Å². The molecule has 1 heterocycles. The molecule has 4 rings (SSSR count). The molecule has 0 saturated heterocycles. The number of carbonyl (C=O) groups excluding carboxylic acids is 3. The van der Waals surface area contributed by atoms with Crippen LogP contribution < -0.4 is 9.64 Å². The van der Waals surface area contributed by atoms with E-state index in [2.05, 4.69) is 0 Å². The number of benzene rings is 2. The first-order chi connectivity index (χ1) is 19.6. The third-order valence-corrected chi connectivity index (χ3v) is 7.53. The highest BCUT2D eigenvalue weighted by Crippen LogP contribution is 2.46. The molecule has 1 fully saturated rings. The van der Waals surface area contributed by atoms with E-state index in [-0.39, 0.29) is 24.9 Å². The second-order valence-corrected chi connectivity index (χ2v) is 11.8. The highest BCUT2D eigenvalue weighted by molar-refractivity contribution is 5.99. The largest absolute Gasteiger partial charge is 0.489 e. The van der Waals surface area contributed by atoms with Crippen molar-refractivity contribution in [2.24, 2.45) is 0 Å². The van der Waals surface area contributed by atoms with Gasteiger partial charge in [0.05, 0.1) is 19.1 Å². The van der Waals surface area contributed by atoms with Gasteiger partial charge >= 0.3 is 18.2 Å². The fraction of sp³-hybridized carbons (Fsp3) is 0.516. The number of hydrogen-bond acceptors (Lipinski definition) is 6. The first-order valence-electron chi connectivity index (χ1n) is 13.9. The van der Waals surface area contributed by atoms with Crippen molar-refractivity contribution in [3.63, 3.8) is 0 Å². The molecule has 8 nitrogen and oxygen atoms in total. The van der Waals surface area contributed by atoms with E-state index in [1.54, 1.807) is 49.9 Å². The molecule has 0 N–H and O–H groups in total. The number of nitrogens with zero attached hydrogens (tertiary/aromatic N) is 2. The molecule has 0 bridgehead atoms. The Kier molecular flexibility index (Phi) is 8.80. The third-order valence-electron chi connectivity index (χ3n) is 7.53. The number of methoxy groups -OCH3 is 1. The van der Waals surface area contributed by atoms with Crippen LogP contribution >= 0.6 is 0 Å². The number of hydrogen-bond donors (Lipinski definition) is 0. The highest BCUT2D eigenvalue weighted by Gasteiger charge is 2.39. The summed E-state index contributed by atoms with van der Waals surface area (Å²) in [6.45, 7) is 7.26. The number of carbonyl (C=O) groups is 3. The summed E-state index contributed by atoms with van der Waals surface area (Å²) in [6.07, 6.45) is -3.41. The highest BCUT2D eigenvalue weighted by atomic mass is 19.4. The quantitative estimate of drug-likeness (QED) is 0.343. The van der Waals surface area contributed by atoms with Crippen LogP contribution in [0.2, 0.25) is 0 Å². The number of ether oxygens (including phenoxy) is 3. The van der Waals surface area contributed by atoms with Gasteiger partial charge in [-0.2, -0.15) is 13.2 Å². The summed E-state index contributed by atoms with van der Waals surface area (Å²) in [5.74, 6) is -0.625. The number of esters is 1. The smallest absolute Gasteiger partial charge is 0.416 e. The lowest BCUT2D eigenvalue weighted by molar-refractivity contribution is -0.148. The second kappa shape index (κ2) is 11.9. The number of amides is 2. The lowest BCUT2D eigenvalue weighted by Gasteiger charge is -2.30. The van der Waals surface area contributed by atoms with Crippen molar-refractivity contribution in [2.75, 3.05) is 25.6 Å². The average molecular weight is 591 g/mol. The normalized spacial score (nSPS) is 15.6. The average Bonchev–Trinajstić information content (AvgIpc) is 3.67. The zero-order chi connectivity index (χ0) is 31.0. The van der Waals surface area contributed by atoms with Crippen molar-refractivity contribution in [1.29, 1.82) is 0 Å². The van der Waals surface area contributed by atoms with Gasteiger partial charge in [0.15, 0.2) is 0 Å². The molecule has 2 amide bonds. The van der Waals surface area contributed by atoms with Gasteiger partial charge in [-0.15, -0.1) is 0 Å². The molecule has 42 heavy (non-hydrogen) atoms. The summed E-state index contributed by atoms with van der Waals surface area (Å²) in [4.78, 5) is 41.1. The lowest BCUT2D eigenvalue weighted by atomic mass is 10.00. The fourth-order valence-corrected chi connectivity index (χ4v) is 5.15. The van der Waals surface area contributed by atoms with Gasteiger partial charge in [-0.3, -0.25) is 9.69 Å². The van der Waals surface area contributed by atoms with Gasteiger partial charge in [0.2, 0.25) is 5.91 Å². The molecule has 2 aromatic rings. The number of halogens is 3. The minimum atomic E-state index is -4.43. The lowest BCUT2D eigenvalue weighted by Crippen LogP contribution is -2.48. The number of likely N-dealkylation sites (N-methyl/N-ethyl adjacent to an activating group) is 1. The van der Waals surface area contributed by atoms with Crippen molar-refractivity contribution < 1.29 is 41.8 Å². The van der Waals surface area contributed by atoms with E-state index in [1.165, 1.54) is 20.2 Å². The summed E-state index contributed by atoms with van der Waals surface area (Å²) >= 11 is 0. The SMILES string of the molecule is COC(=O)[C@@H](CC(=O)N1CCc2c1ccc(OCc1ccc(C3CC3)c(C(F)(F)F)c1)c2C)N(C)C(=O)OC(C)(C)C. The number of fused-ring (bicyclic) bond motifs is 1. The minimum absolute atomic E-state index is 0.0261. The topological polar surface area (TPSA) is 85.4 Å². The molecule has 228 valence electrons. The molecule has 1 aliphatic heterocycles. The van der Waals surface area contributed by atoms with E-state index in [1.807, 2.05) is 6.92 Å². The van der Waals surface area contributed by atoms with Crippen LogP contribution in [0.5, 0.6) is 5.75 Å². The molecule has 0 spiro atoms. The Bertz CT molecular complexity index is 1360. The van der Waals surface area contributed by atoms with Crippen LogP contribution in [0.4, 0.5) is 23.7 Å². The van der Waals surface area contributed by atoms with Crippen LogP contribution in [0.1, 0.15) is 73.8 Å². The maximum atomic E-state index is 13.7. The van der Waals surface area contributed by atoms with Crippen LogP contribution in [0.25, 0.3) is 0 Å². The van der Waals surface area contributed by atoms with Crippen molar-refractivity contribution in [3.8, 4) is 5.75 Å². The molecule has 0 aromatic heterocycles. The minimum Gasteiger partial charge on any atom is -0.489 e. The summed E-state index contributed by atoms with van der Waals surface area (Å²) in [5, 5.41) is 0. The van der Waals surface area contributed by atoms with Crippen LogP contribution in [0.3, 0.4) is 0 Å². The first kappa shape index (κ1) is 31.2. The standard InChI is InChI=1S/C31H37F3N2O6/c1-18-21-13-14-36(27(37)16-25(28(38)40-6)35(5)29(39)42-30(2,3)4)24(21)11-12-26(18)41-17-19-7-10-22(20-8-9-20)23(15-19)31(32,33)34/h7,10-12,15,20,25H,8-9,13-14,16-17H2,1-6H3/t25-/m1/s1. The summed E-state index contributed by atoms with van der Waals surface area (Å²) < 4.78 is 57.1. The van der Waals surface area contributed by atoms with Gasteiger partial charge in [0, 0.05) is 19.3 Å². The molecule has 1 atom stereocenters. The van der Waals surface area contributed by atoms with Crippen LogP contribution in [0.15, 0.2) is 30.3 Å². The summed E-state index contributed by atoms with van der Waals surface area (Å²) in [6, 6.07) is 6.64. The van der Waals surface area contributed by atoms with Gasteiger partial charge < -0.3 is 19.1 Å². The van der Waals surface area contributed by atoms with E-state index < -0.39 is 35.4 Å². The van der Waals surface area contributed by atoms with Crippen LogP contribution in [-0.4, -0.2) is 55.2 Å². The number of rotatable bonds is 8. The van der Waals surface area contributed by atoms with E-state index in [9.17, 15) is 27.6 Å². The number of alkyl halides is 3. The van der Waals surface area contributed by atoms with E-state index in [0.717, 1.165) is 28.9 Å². The molecule has 1 saturated carbocycles. The van der Waals surface area contributed by atoms with E-state index in [4.69, 9.17) is 14.2 Å². The Morgan fingerprint density at radius 2 is 1.79 bits per heavy atom. The predicted octanol–water partition coefficient (Wildman–Crippen LogP) is 6.16. The van der Waals surface area contributed by atoms with Crippen molar-refractivity contribution in [3.05, 3.63) is 58.1 Å². The maximum Gasteiger partial charge on any atom is 0.416 e. The molecule has 2 aromatic carbocycles. The van der Waals surface area contributed by atoms with Gasteiger partial charge in [-0.1, -0.05) is 12.1 Å². The summed E-state index contributed by atoms with van der Waals surface area (Å²) in [5.41, 5.74) is 1.68. The zero-order valence-electron chi connectivity index (χ0n) is 24.8. The van der Waals surface area contributed by atoms with Crippen molar-refractivity contribution >= 4 is 23.7 Å². The molecule has 1 aliphatic carbocycles. The molecule has 2 aliphatic rings. The number of anilines is 1. The maximum absolute atomic E-state index is 13.7. The van der Waals surface area contributed by atoms with Crippen LogP contribution in [0, 0.1) is 6.92 Å². The Morgan fingerprint density at radius 3 is 2.38 bits per heavy atom. The molecule has 0 radical (unpaired) electrons. The van der Waals surface area contributed by atoms with Gasteiger partial charge in [-0.05, 0) is 93.3 Å². The predicted molar refractivity (Wildman–Crippen MR) is 149 cm³/mol. The Morgan fingerprint density at radius 1 is 1.10 bits per heavy atom. The molecular formula is C31H37F3N2O6. The van der Waals surface area contributed by atoms with E-state index >= 15 is 0 Å². The third kappa shape index (κ3) is 6.99. The van der Waals surface area contributed by atoms with Crippen molar-refractivity contribution in [2.45, 2.75) is 83.7 Å². The summed E-state index contributed by atoms with van der Waals surface area (Å²) in [7, 11) is 2.57. The molecule has 0 unspecified atom stereocenters. The van der Waals surface area contributed by atoms with Crippen molar-refractivity contribution in [1.82, 2.24) is 4.90 Å². The molecular weight excluding hydrogens is 553 g/mol. The molecule has 11 heteroatoms. The van der Waals surface area contributed by atoms with E-state index in [0.29, 0.717) is 35.5 Å². The van der Waals surface area contributed by atoms with Gasteiger partial charge in [-0.25, -0.2) is 9.59 Å². The van der Waals surface area contributed by atoms with Gasteiger partial charge in [0.25, 0.3) is 0 Å². The van der Waals surface area contributed by atoms with Crippen LogP contribution in [-0.2, 0) is 38.3 Å².